The molecule has 0 atom stereocenters. The highest BCUT2D eigenvalue weighted by atomic mass is 32.3. The Morgan fingerprint density at radius 3 is 1.92 bits per heavy atom. The Labute approximate surface area is 70.2 Å². The Morgan fingerprint density at radius 1 is 1.42 bits per heavy atom. The number of hydrogen-bond acceptors (Lipinski definition) is 4. The van der Waals surface area contributed by atoms with E-state index < -0.39 is 10.4 Å². The number of aromatic nitrogens is 2. The fraction of sp³-hybridized carbons (Fsp3) is 0.250. The van der Waals surface area contributed by atoms with Crippen molar-refractivity contribution in [3.63, 3.8) is 0 Å². The summed E-state index contributed by atoms with van der Waals surface area (Å²) in [6, 6.07) is 0. The molecule has 0 saturated carbocycles. The minimum atomic E-state index is -4.67. The van der Waals surface area contributed by atoms with Crippen molar-refractivity contribution in [1.82, 2.24) is 15.7 Å². The second-order valence-corrected chi connectivity index (χ2v) is 2.57. The van der Waals surface area contributed by atoms with Crippen LogP contribution in [0.15, 0.2) is 18.7 Å². The first-order chi connectivity index (χ1) is 4.89. The van der Waals surface area contributed by atoms with Crippen LogP contribution in [0.3, 0.4) is 0 Å². The third kappa shape index (κ3) is 16.0. The minimum Gasteiger partial charge on any atom is -0.344 e. The van der Waals surface area contributed by atoms with Crippen LogP contribution in [0.25, 0.3) is 0 Å². The quantitative estimate of drug-likeness (QED) is 0.499. The van der Waals surface area contributed by atoms with Crippen molar-refractivity contribution in [2.24, 2.45) is 7.05 Å². The maximum Gasteiger partial charge on any atom is 0.394 e. The lowest BCUT2D eigenvalue weighted by Gasteiger charge is -1.76. The van der Waals surface area contributed by atoms with Crippen LogP contribution in [0, 0.1) is 0 Å². The van der Waals surface area contributed by atoms with E-state index in [1.165, 1.54) is 0 Å². The molecule has 1 rings (SSSR count). The smallest absolute Gasteiger partial charge is 0.344 e. The average Bonchev–Trinajstić information content (AvgIpc) is 2.12. The molecule has 0 radical (unpaired) electrons. The van der Waals surface area contributed by atoms with Crippen LogP contribution in [0.5, 0.6) is 0 Å². The van der Waals surface area contributed by atoms with Crippen molar-refractivity contribution in [3.05, 3.63) is 18.7 Å². The van der Waals surface area contributed by atoms with Gasteiger partial charge < -0.3 is 10.7 Å². The van der Waals surface area contributed by atoms with Crippen LogP contribution in [0.1, 0.15) is 0 Å². The monoisotopic (exact) mass is 197 g/mol. The Bertz CT molecular complexity index is 271. The number of aryl methyl sites for hydroxylation is 1. The summed E-state index contributed by atoms with van der Waals surface area (Å²) in [6.07, 6.45) is 5.39. The van der Waals surface area contributed by atoms with E-state index in [0.29, 0.717) is 0 Å². The minimum absolute atomic E-state index is 0. The molecule has 1 aromatic rings. The van der Waals surface area contributed by atoms with Crippen LogP contribution in [-0.4, -0.2) is 27.1 Å². The van der Waals surface area contributed by atoms with Gasteiger partial charge in [-0.2, -0.15) is 8.42 Å². The molecule has 72 valence electrons. The molecule has 5 N–H and O–H groups in total. The van der Waals surface area contributed by atoms with E-state index >= 15 is 0 Å². The lowest BCUT2D eigenvalue weighted by atomic mass is 10.9. The predicted molar refractivity (Wildman–Crippen MR) is 42.4 cm³/mol. The molecule has 8 heteroatoms. The van der Waals surface area contributed by atoms with Crippen LogP contribution in [-0.2, 0) is 17.4 Å². The maximum absolute atomic E-state index is 8.74. The number of rotatable bonds is 0. The molecule has 0 aliphatic heterocycles. The van der Waals surface area contributed by atoms with E-state index in [2.05, 4.69) is 4.98 Å². The molecule has 0 fully saturated rings. The second-order valence-electron chi connectivity index (χ2n) is 1.68. The second kappa shape index (κ2) is 5.66. The third-order valence-electron chi connectivity index (χ3n) is 0.637. The molecule has 0 aliphatic carbocycles. The van der Waals surface area contributed by atoms with E-state index in [0.717, 1.165) is 0 Å². The summed E-state index contributed by atoms with van der Waals surface area (Å²) >= 11 is 0. The molecule has 0 spiro atoms. The lowest BCUT2D eigenvalue weighted by molar-refractivity contribution is 0.381. The standard InChI is InChI=1S/C4H6N2.H3N.H2O4S/c1-6-3-2-5-4-6;;1-5(2,3)4/h2-4H,1H3;1H3;(H2,1,2,3,4). The molecule has 0 aromatic carbocycles. The van der Waals surface area contributed by atoms with Gasteiger partial charge in [-0.25, -0.2) is 4.98 Å². The maximum atomic E-state index is 8.74. The largest absolute Gasteiger partial charge is 0.394 e. The van der Waals surface area contributed by atoms with Crippen molar-refractivity contribution in [2.75, 3.05) is 0 Å². The van der Waals surface area contributed by atoms with Gasteiger partial charge in [0.1, 0.15) is 0 Å². The molecule has 12 heavy (non-hydrogen) atoms. The molecular weight excluding hydrogens is 186 g/mol. The molecule has 0 bridgehead atoms. The van der Waals surface area contributed by atoms with Gasteiger partial charge in [0, 0.05) is 19.4 Å². The van der Waals surface area contributed by atoms with Crippen molar-refractivity contribution in [1.29, 1.82) is 0 Å². The Morgan fingerprint density at radius 2 is 1.83 bits per heavy atom. The third-order valence-corrected chi connectivity index (χ3v) is 0.637. The molecule has 1 aromatic heterocycles. The zero-order chi connectivity index (χ0) is 8.91. The summed E-state index contributed by atoms with van der Waals surface area (Å²) in [6.45, 7) is 0. The summed E-state index contributed by atoms with van der Waals surface area (Å²) in [5, 5.41) is 0. The Balaban J connectivity index is 0. The fourth-order valence-corrected chi connectivity index (χ4v) is 0.326. The molecular formula is C4H11N3O4S. The molecule has 0 amide bonds. The van der Waals surface area contributed by atoms with Gasteiger partial charge in [0.15, 0.2) is 0 Å². The predicted octanol–water partition coefficient (Wildman–Crippen LogP) is -0.0707. The van der Waals surface area contributed by atoms with Gasteiger partial charge in [-0.05, 0) is 0 Å². The summed E-state index contributed by atoms with van der Waals surface area (Å²) in [4.78, 5) is 3.78. The lowest BCUT2D eigenvalue weighted by Crippen LogP contribution is -1.89. The topological polar surface area (TPSA) is 127 Å². The van der Waals surface area contributed by atoms with E-state index in [1.54, 1.807) is 12.5 Å². The van der Waals surface area contributed by atoms with E-state index in [1.807, 2.05) is 17.8 Å². The molecule has 0 unspecified atom stereocenters. The highest BCUT2D eigenvalue weighted by molar-refractivity contribution is 7.79. The van der Waals surface area contributed by atoms with Gasteiger partial charge >= 0.3 is 10.4 Å². The molecule has 1 heterocycles. The first-order valence-corrected chi connectivity index (χ1v) is 3.91. The van der Waals surface area contributed by atoms with Crippen molar-refractivity contribution in [3.8, 4) is 0 Å². The SMILES string of the molecule is Cn1ccnc1.N.O=S(=O)(O)O. The average molecular weight is 197 g/mol. The first-order valence-electron chi connectivity index (χ1n) is 2.51. The highest BCUT2D eigenvalue weighted by Gasteiger charge is 1.84. The van der Waals surface area contributed by atoms with Crippen LogP contribution < -0.4 is 6.15 Å². The van der Waals surface area contributed by atoms with E-state index in [-0.39, 0.29) is 6.15 Å². The summed E-state index contributed by atoms with van der Waals surface area (Å²) in [5.41, 5.74) is 0. The van der Waals surface area contributed by atoms with Gasteiger partial charge in [0.2, 0.25) is 0 Å². The summed E-state index contributed by atoms with van der Waals surface area (Å²) < 4.78 is 33.5. The summed E-state index contributed by atoms with van der Waals surface area (Å²) in [5.74, 6) is 0. The van der Waals surface area contributed by atoms with Crippen molar-refractivity contribution >= 4 is 10.4 Å². The zero-order valence-corrected chi connectivity index (χ0v) is 7.27. The highest BCUT2D eigenvalue weighted by Crippen LogP contribution is 1.73. The molecule has 0 aliphatic rings. The van der Waals surface area contributed by atoms with Gasteiger partial charge in [0.05, 0.1) is 6.33 Å². The normalized spacial score (nSPS) is 9.25. The van der Waals surface area contributed by atoms with Crippen LogP contribution >= 0.6 is 0 Å². The van der Waals surface area contributed by atoms with E-state index in [9.17, 15) is 0 Å². The van der Waals surface area contributed by atoms with Gasteiger partial charge in [-0.1, -0.05) is 0 Å². The Kier molecular flexibility index (Phi) is 6.42. The first kappa shape index (κ1) is 13.6. The van der Waals surface area contributed by atoms with Crippen molar-refractivity contribution in [2.45, 2.75) is 0 Å². The number of hydrogen-bond donors (Lipinski definition) is 3. The van der Waals surface area contributed by atoms with Crippen molar-refractivity contribution < 1.29 is 17.5 Å². The van der Waals surface area contributed by atoms with Gasteiger partial charge in [-0.3, -0.25) is 9.11 Å². The molecule has 7 nitrogen and oxygen atoms in total. The van der Waals surface area contributed by atoms with Crippen LogP contribution in [0.2, 0.25) is 0 Å². The van der Waals surface area contributed by atoms with Crippen LogP contribution in [0.4, 0.5) is 0 Å². The van der Waals surface area contributed by atoms with Gasteiger partial charge in [0.25, 0.3) is 0 Å². The van der Waals surface area contributed by atoms with Gasteiger partial charge in [-0.15, -0.1) is 0 Å². The molecule has 0 saturated heterocycles. The van der Waals surface area contributed by atoms with E-state index in [4.69, 9.17) is 17.5 Å². The number of nitrogens with zero attached hydrogens (tertiary/aromatic N) is 2. The fourth-order valence-electron chi connectivity index (χ4n) is 0.326. The summed E-state index contributed by atoms with van der Waals surface area (Å²) in [7, 11) is -2.73. The number of imidazole rings is 1. The zero-order valence-electron chi connectivity index (χ0n) is 6.45. The Hall–Kier alpha value is -0.960.